The van der Waals surface area contributed by atoms with Crippen molar-refractivity contribution in [2.24, 2.45) is 4.99 Å². The molecular weight excluding hydrogens is 118 g/mol. The third-order valence-corrected chi connectivity index (χ3v) is 2.06. The second-order valence-electron chi connectivity index (χ2n) is 1.57. The summed E-state index contributed by atoms with van der Waals surface area (Å²) in [7, 11) is 0. The lowest BCUT2D eigenvalue weighted by atomic mass is 10.5. The molecule has 0 radical (unpaired) electrons. The summed E-state index contributed by atoms with van der Waals surface area (Å²) in [6.07, 6.45) is 5.04. The van der Waals surface area contributed by atoms with E-state index in [1.807, 2.05) is 18.0 Å². The molecule has 0 spiro atoms. The Kier molecular flexibility index (Phi) is 2.15. The van der Waals surface area contributed by atoms with Crippen LogP contribution >= 0.6 is 11.8 Å². The summed E-state index contributed by atoms with van der Waals surface area (Å²) in [6.45, 7) is 2.13. The van der Waals surface area contributed by atoms with Crippen molar-refractivity contribution in [2.45, 2.75) is 13.3 Å². The molecular formula is C6H9NS. The summed E-state index contributed by atoms with van der Waals surface area (Å²) < 4.78 is 0. The maximum atomic E-state index is 4.15. The second-order valence-corrected chi connectivity index (χ2v) is 2.67. The van der Waals surface area contributed by atoms with Gasteiger partial charge in [-0.05, 0) is 6.42 Å². The Morgan fingerprint density at radius 2 is 2.75 bits per heavy atom. The molecule has 0 saturated heterocycles. The van der Waals surface area contributed by atoms with E-state index in [-0.39, 0.29) is 0 Å². The molecule has 1 nitrogen and oxygen atoms in total. The molecule has 2 heteroatoms. The highest BCUT2D eigenvalue weighted by atomic mass is 32.2. The van der Waals surface area contributed by atoms with Crippen molar-refractivity contribution in [3.63, 3.8) is 0 Å². The molecule has 0 saturated carbocycles. The fourth-order valence-electron chi connectivity index (χ4n) is 0.554. The molecule has 0 aromatic heterocycles. The third-order valence-electron chi connectivity index (χ3n) is 0.973. The molecule has 0 amide bonds. The quantitative estimate of drug-likeness (QED) is 0.525. The first-order valence-corrected chi connectivity index (χ1v) is 3.76. The molecule has 0 fully saturated rings. The number of hydrogen-bond acceptors (Lipinski definition) is 2. The Bertz CT molecular complexity index is 126. The molecule has 1 aliphatic rings. The van der Waals surface area contributed by atoms with Gasteiger partial charge in [-0.15, -0.1) is 11.8 Å². The second kappa shape index (κ2) is 2.92. The fourth-order valence-corrected chi connectivity index (χ4v) is 1.27. The summed E-state index contributed by atoms with van der Waals surface area (Å²) in [6, 6.07) is 0. The van der Waals surface area contributed by atoms with Crippen molar-refractivity contribution in [2.75, 3.05) is 5.75 Å². The van der Waals surface area contributed by atoms with Crippen molar-refractivity contribution >= 4 is 16.8 Å². The maximum absolute atomic E-state index is 4.15. The van der Waals surface area contributed by atoms with E-state index in [9.17, 15) is 0 Å². The van der Waals surface area contributed by atoms with Crippen LogP contribution < -0.4 is 0 Å². The average Bonchev–Trinajstić information content (AvgIpc) is 1.90. The van der Waals surface area contributed by atoms with Gasteiger partial charge >= 0.3 is 0 Å². The topological polar surface area (TPSA) is 12.4 Å². The molecule has 1 heterocycles. The number of thioether (sulfide) groups is 1. The van der Waals surface area contributed by atoms with Gasteiger partial charge in [-0.2, -0.15) is 0 Å². The Morgan fingerprint density at radius 3 is 3.12 bits per heavy atom. The number of nitrogens with zero attached hydrogens (tertiary/aromatic N) is 1. The predicted molar refractivity (Wildman–Crippen MR) is 39.3 cm³/mol. The fraction of sp³-hybridized carbons (Fsp3) is 0.500. The van der Waals surface area contributed by atoms with Crippen LogP contribution in [0.4, 0.5) is 0 Å². The van der Waals surface area contributed by atoms with E-state index in [2.05, 4.69) is 18.0 Å². The van der Waals surface area contributed by atoms with Crippen molar-refractivity contribution in [3.05, 3.63) is 12.3 Å². The van der Waals surface area contributed by atoms with Gasteiger partial charge in [0.05, 0.1) is 5.04 Å². The lowest BCUT2D eigenvalue weighted by Gasteiger charge is -2.01. The Labute approximate surface area is 53.9 Å². The van der Waals surface area contributed by atoms with Crippen molar-refractivity contribution < 1.29 is 0 Å². The minimum absolute atomic E-state index is 1.08. The zero-order valence-electron chi connectivity index (χ0n) is 4.92. The van der Waals surface area contributed by atoms with Gasteiger partial charge in [0, 0.05) is 12.0 Å². The molecule has 0 aromatic rings. The summed E-state index contributed by atoms with van der Waals surface area (Å²) in [5.74, 6) is 1.10. The van der Waals surface area contributed by atoms with E-state index in [0.29, 0.717) is 0 Å². The van der Waals surface area contributed by atoms with Crippen molar-refractivity contribution in [1.82, 2.24) is 0 Å². The zero-order chi connectivity index (χ0) is 5.82. The molecule has 0 aromatic carbocycles. The molecule has 0 unspecified atom stereocenters. The summed E-state index contributed by atoms with van der Waals surface area (Å²) in [5, 5.41) is 1.26. The molecule has 1 aliphatic heterocycles. The predicted octanol–water partition coefficient (Wildman–Crippen LogP) is 2.06. The monoisotopic (exact) mass is 127 g/mol. The average molecular weight is 127 g/mol. The highest BCUT2D eigenvalue weighted by Gasteiger charge is 1.95. The minimum atomic E-state index is 1.08. The molecule has 8 heavy (non-hydrogen) atoms. The van der Waals surface area contributed by atoms with Crippen molar-refractivity contribution in [3.8, 4) is 0 Å². The lowest BCUT2D eigenvalue weighted by Crippen LogP contribution is -1.92. The Morgan fingerprint density at radius 1 is 1.88 bits per heavy atom. The van der Waals surface area contributed by atoms with E-state index in [1.54, 1.807) is 0 Å². The molecule has 44 valence electrons. The first kappa shape index (κ1) is 5.89. The third kappa shape index (κ3) is 1.37. The molecule has 0 bridgehead atoms. The summed E-state index contributed by atoms with van der Waals surface area (Å²) in [5.41, 5.74) is 0. The van der Waals surface area contributed by atoms with E-state index in [0.717, 1.165) is 12.2 Å². The van der Waals surface area contributed by atoms with Gasteiger partial charge in [0.1, 0.15) is 0 Å². The first-order valence-electron chi connectivity index (χ1n) is 2.78. The van der Waals surface area contributed by atoms with Crippen LogP contribution in [0.15, 0.2) is 17.3 Å². The summed E-state index contributed by atoms with van der Waals surface area (Å²) >= 11 is 1.83. The summed E-state index contributed by atoms with van der Waals surface area (Å²) in [4.78, 5) is 4.15. The van der Waals surface area contributed by atoms with Gasteiger partial charge in [0.25, 0.3) is 0 Å². The molecule has 1 rings (SSSR count). The van der Waals surface area contributed by atoms with Crippen molar-refractivity contribution in [1.29, 1.82) is 0 Å². The first-order chi connectivity index (χ1) is 3.93. The van der Waals surface area contributed by atoms with E-state index in [4.69, 9.17) is 0 Å². The van der Waals surface area contributed by atoms with Crippen LogP contribution in [0.5, 0.6) is 0 Å². The SMILES string of the molecule is CCC1=NC=CCS1. The normalized spacial score (nSPS) is 18.4. The van der Waals surface area contributed by atoms with Crippen LogP contribution in [0.25, 0.3) is 0 Å². The number of hydrogen-bond donors (Lipinski definition) is 0. The van der Waals surface area contributed by atoms with Gasteiger partial charge < -0.3 is 0 Å². The van der Waals surface area contributed by atoms with Gasteiger partial charge in [0.15, 0.2) is 0 Å². The van der Waals surface area contributed by atoms with Crippen LogP contribution in [0, 0.1) is 0 Å². The van der Waals surface area contributed by atoms with E-state index < -0.39 is 0 Å². The van der Waals surface area contributed by atoms with Gasteiger partial charge in [0.2, 0.25) is 0 Å². The van der Waals surface area contributed by atoms with Gasteiger partial charge in [-0.1, -0.05) is 13.0 Å². The van der Waals surface area contributed by atoms with Gasteiger partial charge in [-0.25, -0.2) is 0 Å². The van der Waals surface area contributed by atoms with Crippen LogP contribution in [0.2, 0.25) is 0 Å². The Hall–Kier alpha value is -0.240. The zero-order valence-corrected chi connectivity index (χ0v) is 5.74. The molecule has 0 N–H and O–H groups in total. The van der Waals surface area contributed by atoms with Crippen LogP contribution in [0.3, 0.4) is 0 Å². The largest absolute Gasteiger partial charge is 0.255 e. The van der Waals surface area contributed by atoms with Gasteiger partial charge in [-0.3, -0.25) is 4.99 Å². The Balaban J connectivity index is 2.50. The van der Waals surface area contributed by atoms with E-state index >= 15 is 0 Å². The van der Waals surface area contributed by atoms with Crippen LogP contribution in [0.1, 0.15) is 13.3 Å². The molecule has 0 atom stereocenters. The minimum Gasteiger partial charge on any atom is -0.255 e. The number of aliphatic imine (C=N–C) groups is 1. The van der Waals surface area contributed by atoms with E-state index in [1.165, 1.54) is 5.04 Å². The molecule has 0 aliphatic carbocycles. The highest BCUT2D eigenvalue weighted by molar-refractivity contribution is 8.14. The smallest absolute Gasteiger partial charge is 0.0731 e. The maximum Gasteiger partial charge on any atom is 0.0731 e. The highest BCUT2D eigenvalue weighted by Crippen LogP contribution is 2.11. The standard InChI is InChI=1S/C6H9NS/c1-2-6-7-4-3-5-8-6/h3-4H,2,5H2,1H3. The lowest BCUT2D eigenvalue weighted by molar-refractivity contribution is 1.29. The van der Waals surface area contributed by atoms with Crippen LogP contribution in [-0.2, 0) is 0 Å². The van der Waals surface area contributed by atoms with Crippen LogP contribution in [-0.4, -0.2) is 10.8 Å². The number of rotatable bonds is 1.